The summed E-state index contributed by atoms with van der Waals surface area (Å²) in [5, 5.41) is 0. The molecule has 0 amide bonds. The summed E-state index contributed by atoms with van der Waals surface area (Å²) in [6.07, 6.45) is 0. The van der Waals surface area contributed by atoms with Gasteiger partial charge >= 0.3 is 0 Å². The second kappa shape index (κ2) is 5.71. The maximum atomic E-state index is 14.3. The maximum absolute atomic E-state index is 14.3. The highest BCUT2D eigenvalue weighted by Crippen LogP contribution is 2.31. The predicted molar refractivity (Wildman–Crippen MR) is 79.1 cm³/mol. The summed E-state index contributed by atoms with van der Waals surface area (Å²) in [5.74, 6) is -0.203. The third-order valence-electron chi connectivity index (χ3n) is 3.87. The van der Waals surface area contributed by atoms with Gasteiger partial charge in [-0.1, -0.05) is 29.8 Å². The quantitative estimate of drug-likeness (QED) is 0.894. The van der Waals surface area contributed by atoms with Crippen LogP contribution in [0.15, 0.2) is 21.5 Å². The first-order valence-electron chi connectivity index (χ1n) is 6.45. The Morgan fingerprint density at radius 3 is 2.40 bits per heavy atom. The molecule has 1 aromatic carbocycles. The Morgan fingerprint density at radius 1 is 1.35 bits per heavy atom. The summed E-state index contributed by atoms with van der Waals surface area (Å²) in [6.45, 7) is 4.81. The molecule has 2 unspecified atom stereocenters. The molecule has 7 heteroatoms. The fourth-order valence-electron chi connectivity index (χ4n) is 2.37. The average Bonchev–Trinajstić information content (AvgIpc) is 2.72. The SMILES string of the molecule is CC1CN(S(=O)(=O)c2cc(Br)cc(CN)c2F)CC1C. The van der Waals surface area contributed by atoms with Crippen LogP contribution in [0.3, 0.4) is 0 Å². The Labute approximate surface area is 127 Å². The molecule has 1 aliphatic rings. The molecule has 0 radical (unpaired) electrons. The van der Waals surface area contributed by atoms with E-state index in [0.717, 1.165) is 0 Å². The molecule has 0 aliphatic carbocycles. The Hall–Kier alpha value is -0.500. The van der Waals surface area contributed by atoms with E-state index in [-0.39, 0.29) is 28.8 Å². The number of halogens is 2. The monoisotopic (exact) mass is 364 g/mol. The zero-order valence-electron chi connectivity index (χ0n) is 11.4. The van der Waals surface area contributed by atoms with Crippen LogP contribution in [0.25, 0.3) is 0 Å². The second-order valence-corrected chi connectivity index (χ2v) is 8.18. The van der Waals surface area contributed by atoms with Crippen molar-refractivity contribution in [2.45, 2.75) is 25.3 Å². The van der Waals surface area contributed by atoms with Gasteiger partial charge in [0.05, 0.1) is 0 Å². The van der Waals surface area contributed by atoms with Gasteiger partial charge in [-0.05, 0) is 24.0 Å². The number of nitrogens with zero attached hydrogens (tertiary/aromatic N) is 1. The highest BCUT2D eigenvalue weighted by molar-refractivity contribution is 9.10. The van der Waals surface area contributed by atoms with Crippen molar-refractivity contribution in [3.05, 3.63) is 28.0 Å². The minimum Gasteiger partial charge on any atom is -0.326 e. The van der Waals surface area contributed by atoms with Gasteiger partial charge in [0, 0.05) is 29.7 Å². The molecule has 20 heavy (non-hydrogen) atoms. The normalized spacial score (nSPS) is 24.2. The molecule has 1 saturated heterocycles. The first kappa shape index (κ1) is 15.9. The zero-order chi connectivity index (χ0) is 15.1. The molecule has 112 valence electrons. The second-order valence-electron chi connectivity index (χ2n) is 5.36. The van der Waals surface area contributed by atoms with Gasteiger partial charge in [-0.15, -0.1) is 0 Å². The van der Waals surface area contributed by atoms with E-state index in [1.54, 1.807) is 0 Å². The molecule has 1 aromatic rings. The van der Waals surface area contributed by atoms with Gasteiger partial charge in [0.1, 0.15) is 10.7 Å². The molecule has 1 fully saturated rings. The minimum atomic E-state index is -3.82. The molecule has 0 aromatic heterocycles. The van der Waals surface area contributed by atoms with Gasteiger partial charge in [-0.2, -0.15) is 4.31 Å². The van der Waals surface area contributed by atoms with E-state index in [4.69, 9.17) is 5.73 Å². The fourth-order valence-corrected chi connectivity index (χ4v) is 4.80. The highest BCUT2D eigenvalue weighted by Gasteiger charge is 2.36. The van der Waals surface area contributed by atoms with E-state index in [9.17, 15) is 12.8 Å². The Balaban J connectivity index is 2.48. The molecule has 1 aliphatic heterocycles. The third-order valence-corrected chi connectivity index (χ3v) is 6.16. The van der Waals surface area contributed by atoms with Crippen LogP contribution in [0.5, 0.6) is 0 Å². The Kier molecular flexibility index (Phi) is 4.53. The lowest BCUT2D eigenvalue weighted by atomic mass is 10.0. The number of nitrogens with two attached hydrogens (primary N) is 1. The zero-order valence-corrected chi connectivity index (χ0v) is 13.8. The molecular formula is C13H18BrFN2O2S. The lowest BCUT2D eigenvalue weighted by molar-refractivity contribution is 0.455. The Morgan fingerprint density at radius 2 is 1.90 bits per heavy atom. The van der Waals surface area contributed by atoms with Crippen molar-refractivity contribution in [1.29, 1.82) is 0 Å². The van der Waals surface area contributed by atoms with E-state index >= 15 is 0 Å². The van der Waals surface area contributed by atoms with Crippen molar-refractivity contribution in [1.82, 2.24) is 4.31 Å². The molecule has 2 atom stereocenters. The number of rotatable bonds is 3. The summed E-state index contributed by atoms with van der Waals surface area (Å²) in [6, 6.07) is 2.81. The molecule has 0 spiro atoms. The van der Waals surface area contributed by atoms with Crippen LogP contribution in [0.2, 0.25) is 0 Å². The minimum absolute atomic E-state index is 0.0411. The molecule has 4 nitrogen and oxygen atoms in total. The summed E-state index contributed by atoms with van der Waals surface area (Å²) >= 11 is 3.21. The van der Waals surface area contributed by atoms with Gasteiger partial charge in [-0.25, -0.2) is 12.8 Å². The summed E-state index contributed by atoms with van der Waals surface area (Å²) < 4.78 is 41.3. The maximum Gasteiger partial charge on any atom is 0.246 e. The van der Waals surface area contributed by atoms with Crippen LogP contribution in [0, 0.1) is 17.7 Å². The van der Waals surface area contributed by atoms with E-state index in [0.29, 0.717) is 17.6 Å². The Bertz CT molecular complexity index is 611. The van der Waals surface area contributed by atoms with Crippen molar-refractivity contribution in [3.8, 4) is 0 Å². The molecule has 0 saturated carbocycles. The molecule has 2 rings (SSSR count). The van der Waals surface area contributed by atoms with Gasteiger partial charge < -0.3 is 5.73 Å². The van der Waals surface area contributed by atoms with Crippen molar-refractivity contribution in [2.24, 2.45) is 17.6 Å². The van der Waals surface area contributed by atoms with Crippen LogP contribution in [-0.2, 0) is 16.6 Å². The van der Waals surface area contributed by atoms with E-state index in [1.165, 1.54) is 16.4 Å². The summed E-state index contributed by atoms with van der Waals surface area (Å²) in [5.41, 5.74) is 5.65. The van der Waals surface area contributed by atoms with E-state index in [2.05, 4.69) is 15.9 Å². The van der Waals surface area contributed by atoms with Crippen LogP contribution in [0.1, 0.15) is 19.4 Å². The van der Waals surface area contributed by atoms with Crippen LogP contribution < -0.4 is 5.73 Å². The van der Waals surface area contributed by atoms with Gasteiger partial charge in [0.25, 0.3) is 0 Å². The predicted octanol–water partition coefficient (Wildman–Crippen LogP) is 2.32. The summed E-state index contributed by atoms with van der Waals surface area (Å²) in [7, 11) is -3.82. The third kappa shape index (κ3) is 2.77. The average molecular weight is 365 g/mol. The number of sulfonamides is 1. The highest BCUT2D eigenvalue weighted by atomic mass is 79.9. The van der Waals surface area contributed by atoms with Crippen LogP contribution >= 0.6 is 15.9 Å². The van der Waals surface area contributed by atoms with E-state index < -0.39 is 15.8 Å². The lowest BCUT2D eigenvalue weighted by Gasteiger charge is -2.18. The van der Waals surface area contributed by atoms with Gasteiger partial charge in [-0.3, -0.25) is 0 Å². The first-order valence-corrected chi connectivity index (χ1v) is 8.68. The van der Waals surface area contributed by atoms with Crippen molar-refractivity contribution < 1.29 is 12.8 Å². The molecule has 0 bridgehead atoms. The smallest absolute Gasteiger partial charge is 0.246 e. The van der Waals surface area contributed by atoms with Crippen LogP contribution in [-0.4, -0.2) is 25.8 Å². The fraction of sp³-hybridized carbons (Fsp3) is 0.538. The lowest BCUT2D eigenvalue weighted by Crippen LogP contribution is -2.30. The largest absolute Gasteiger partial charge is 0.326 e. The van der Waals surface area contributed by atoms with E-state index in [1.807, 2.05) is 13.8 Å². The van der Waals surface area contributed by atoms with Gasteiger partial charge in [0.15, 0.2) is 0 Å². The number of hydrogen-bond acceptors (Lipinski definition) is 3. The van der Waals surface area contributed by atoms with Gasteiger partial charge in [0.2, 0.25) is 10.0 Å². The van der Waals surface area contributed by atoms with Crippen molar-refractivity contribution >= 4 is 26.0 Å². The first-order chi connectivity index (χ1) is 9.27. The molecule has 2 N–H and O–H groups in total. The molecule has 1 heterocycles. The van der Waals surface area contributed by atoms with Crippen molar-refractivity contribution in [2.75, 3.05) is 13.1 Å². The standard InChI is InChI=1S/C13H18BrFN2O2S/c1-8-6-17(7-9(8)2)20(18,19)12-4-11(14)3-10(5-16)13(12)15/h3-4,8-9H,5-7,16H2,1-2H3. The van der Waals surface area contributed by atoms with Crippen LogP contribution in [0.4, 0.5) is 4.39 Å². The number of benzene rings is 1. The summed E-state index contributed by atoms with van der Waals surface area (Å²) in [4.78, 5) is -0.298. The topological polar surface area (TPSA) is 63.4 Å². The van der Waals surface area contributed by atoms with Crippen molar-refractivity contribution in [3.63, 3.8) is 0 Å². The number of hydrogen-bond donors (Lipinski definition) is 1. The molecular weight excluding hydrogens is 347 g/mol.